The Balaban J connectivity index is 2.25. The second-order valence-electron chi connectivity index (χ2n) is 5.46. The first kappa shape index (κ1) is 19.7. The molecule has 0 N–H and O–H groups in total. The number of carbonyl (C=O) groups is 1. The summed E-state index contributed by atoms with van der Waals surface area (Å²) in [7, 11) is 0. The summed E-state index contributed by atoms with van der Waals surface area (Å²) in [5.74, 6) is -0.00143. The maximum atomic E-state index is 12.3. The van der Waals surface area contributed by atoms with E-state index >= 15 is 0 Å². The van der Waals surface area contributed by atoms with E-state index in [0.717, 1.165) is 33.3 Å². The average molecular weight is 463 g/mol. The van der Waals surface area contributed by atoms with Crippen molar-refractivity contribution in [2.75, 3.05) is 13.1 Å². The van der Waals surface area contributed by atoms with Crippen LogP contribution in [0, 0.1) is 0 Å². The van der Waals surface area contributed by atoms with Crippen molar-refractivity contribution < 1.29 is 4.79 Å². The SMILES string of the molecule is CCN(CC)/C(=C/C=C/C(=O)c1ccc(Br)cc1)c1ccc(Br)cc1. The van der Waals surface area contributed by atoms with Crippen molar-refractivity contribution in [3.8, 4) is 0 Å². The van der Waals surface area contributed by atoms with Gasteiger partial charge in [0, 0.05) is 33.3 Å². The van der Waals surface area contributed by atoms with Crippen LogP contribution in [0.3, 0.4) is 0 Å². The van der Waals surface area contributed by atoms with Crippen LogP contribution in [0.1, 0.15) is 29.8 Å². The second kappa shape index (κ2) is 9.73. The summed E-state index contributed by atoms with van der Waals surface area (Å²) in [4.78, 5) is 14.6. The van der Waals surface area contributed by atoms with Gasteiger partial charge in [-0.1, -0.05) is 50.1 Å². The highest BCUT2D eigenvalue weighted by Gasteiger charge is 2.08. The van der Waals surface area contributed by atoms with Gasteiger partial charge in [0.05, 0.1) is 0 Å². The molecule has 0 atom stereocenters. The molecule has 25 heavy (non-hydrogen) atoms. The van der Waals surface area contributed by atoms with Crippen molar-refractivity contribution >= 4 is 43.3 Å². The van der Waals surface area contributed by atoms with Crippen LogP contribution < -0.4 is 0 Å². The van der Waals surface area contributed by atoms with E-state index in [0.29, 0.717) is 5.56 Å². The molecule has 2 nitrogen and oxygen atoms in total. The molecule has 0 unspecified atom stereocenters. The molecule has 0 aliphatic heterocycles. The highest BCUT2D eigenvalue weighted by atomic mass is 79.9. The molecule has 0 spiro atoms. The zero-order valence-corrected chi connectivity index (χ0v) is 17.5. The first-order valence-electron chi connectivity index (χ1n) is 8.24. The molecule has 0 aliphatic carbocycles. The van der Waals surface area contributed by atoms with Crippen molar-refractivity contribution in [1.29, 1.82) is 0 Å². The smallest absolute Gasteiger partial charge is 0.185 e. The molecule has 0 saturated carbocycles. The van der Waals surface area contributed by atoms with Gasteiger partial charge in [0.1, 0.15) is 0 Å². The Bertz CT molecular complexity index is 757. The lowest BCUT2D eigenvalue weighted by molar-refractivity contribution is 0.104. The number of benzene rings is 2. The quantitative estimate of drug-likeness (QED) is 0.272. The molecule has 0 bridgehead atoms. The number of hydrogen-bond donors (Lipinski definition) is 0. The van der Waals surface area contributed by atoms with Gasteiger partial charge in [0.15, 0.2) is 5.78 Å². The minimum absolute atomic E-state index is 0.00143. The molecule has 0 fully saturated rings. The van der Waals surface area contributed by atoms with E-state index in [-0.39, 0.29) is 5.78 Å². The van der Waals surface area contributed by atoms with Crippen LogP contribution in [-0.4, -0.2) is 23.8 Å². The topological polar surface area (TPSA) is 20.3 Å². The third-order valence-corrected chi connectivity index (χ3v) is 4.93. The lowest BCUT2D eigenvalue weighted by Gasteiger charge is -2.24. The van der Waals surface area contributed by atoms with E-state index in [1.807, 2.05) is 48.6 Å². The molecular formula is C21H21Br2NO. The first-order valence-corrected chi connectivity index (χ1v) is 9.83. The Morgan fingerprint density at radius 3 is 1.84 bits per heavy atom. The summed E-state index contributed by atoms with van der Waals surface area (Å²) in [6.07, 6.45) is 5.46. The molecular weight excluding hydrogens is 442 g/mol. The van der Waals surface area contributed by atoms with Gasteiger partial charge in [-0.05, 0) is 68.0 Å². The number of hydrogen-bond acceptors (Lipinski definition) is 2. The summed E-state index contributed by atoms with van der Waals surface area (Å²) in [6, 6.07) is 15.6. The number of ketones is 1. The summed E-state index contributed by atoms with van der Waals surface area (Å²) >= 11 is 6.85. The standard InChI is InChI=1S/C21H21Br2NO/c1-3-24(4-2)20(16-8-12-18(22)13-9-16)6-5-7-21(25)17-10-14-19(23)15-11-17/h5-15H,3-4H2,1-2H3/b7-5+,20-6+. The Hall–Kier alpha value is -1.65. The molecule has 2 aromatic carbocycles. The highest BCUT2D eigenvalue weighted by molar-refractivity contribution is 9.10. The average Bonchev–Trinajstić information content (AvgIpc) is 2.62. The lowest BCUT2D eigenvalue weighted by atomic mass is 10.1. The van der Waals surface area contributed by atoms with Crippen molar-refractivity contribution in [2.45, 2.75) is 13.8 Å². The maximum Gasteiger partial charge on any atom is 0.185 e. The van der Waals surface area contributed by atoms with Gasteiger partial charge in [0.2, 0.25) is 0 Å². The number of nitrogens with zero attached hydrogens (tertiary/aromatic N) is 1. The van der Waals surface area contributed by atoms with Gasteiger partial charge < -0.3 is 4.90 Å². The molecule has 130 valence electrons. The Kier molecular flexibility index (Phi) is 7.66. The Labute approximate surface area is 166 Å². The first-order chi connectivity index (χ1) is 12.0. The third kappa shape index (κ3) is 5.68. The van der Waals surface area contributed by atoms with Gasteiger partial charge in [0.25, 0.3) is 0 Å². The van der Waals surface area contributed by atoms with Crippen LogP contribution in [0.25, 0.3) is 5.70 Å². The fourth-order valence-electron chi connectivity index (χ4n) is 2.51. The van der Waals surface area contributed by atoms with Crippen LogP contribution in [0.2, 0.25) is 0 Å². The van der Waals surface area contributed by atoms with E-state index in [2.05, 4.69) is 62.7 Å². The van der Waals surface area contributed by atoms with Crippen LogP contribution in [-0.2, 0) is 0 Å². The summed E-state index contributed by atoms with van der Waals surface area (Å²) < 4.78 is 2.02. The minimum atomic E-state index is -0.00143. The highest BCUT2D eigenvalue weighted by Crippen LogP contribution is 2.21. The number of halogens is 2. The molecule has 0 amide bonds. The minimum Gasteiger partial charge on any atom is -0.372 e. The molecule has 0 radical (unpaired) electrons. The van der Waals surface area contributed by atoms with Gasteiger partial charge in [-0.25, -0.2) is 0 Å². The molecule has 4 heteroatoms. The van der Waals surface area contributed by atoms with Crippen LogP contribution >= 0.6 is 31.9 Å². The maximum absolute atomic E-state index is 12.3. The van der Waals surface area contributed by atoms with Crippen LogP contribution in [0.4, 0.5) is 0 Å². The van der Waals surface area contributed by atoms with Gasteiger partial charge >= 0.3 is 0 Å². The van der Waals surface area contributed by atoms with Gasteiger partial charge in [-0.15, -0.1) is 0 Å². The number of rotatable bonds is 7. The summed E-state index contributed by atoms with van der Waals surface area (Å²) in [6.45, 7) is 6.08. The van der Waals surface area contributed by atoms with Crippen LogP contribution in [0.5, 0.6) is 0 Å². The molecule has 2 rings (SSSR count). The zero-order chi connectivity index (χ0) is 18.2. The molecule has 0 heterocycles. The fourth-order valence-corrected chi connectivity index (χ4v) is 3.03. The van der Waals surface area contributed by atoms with Gasteiger partial charge in [-0.3, -0.25) is 4.79 Å². The van der Waals surface area contributed by atoms with Crippen molar-refractivity contribution in [3.05, 3.63) is 86.8 Å². The monoisotopic (exact) mass is 461 g/mol. The van der Waals surface area contributed by atoms with E-state index in [9.17, 15) is 4.79 Å². The molecule has 0 saturated heterocycles. The molecule has 2 aromatic rings. The van der Waals surface area contributed by atoms with E-state index in [1.165, 1.54) is 0 Å². The largest absolute Gasteiger partial charge is 0.372 e. The van der Waals surface area contributed by atoms with E-state index in [1.54, 1.807) is 6.08 Å². The predicted molar refractivity (Wildman–Crippen MR) is 113 cm³/mol. The summed E-state index contributed by atoms with van der Waals surface area (Å²) in [5, 5.41) is 0. The van der Waals surface area contributed by atoms with Crippen molar-refractivity contribution in [3.63, 3.8) is 0 Å². The fraction of sp³-hybridized carbons (Fsp3) is 0.190. The van der Waals surface area contributed by atoms with E-state index < -0.39 is 0 Å². The zero-order valence-electron chi connectivity index (χ0n) is 14.4. The molecule has 0 aromatic heterocycles. The predicted octanol–water partition coefficient (Wildman–Crippen LogP) is 6.33. The Morgan fingerprint density at radius 1 is 0.880 bits per heavy atom. The van der Waals surface area contributed by atoms with Crippen LogP contribution in [0.15, 0.2) is 75.7 Å². The third-order valence-electron chi connectivity index (χ3n) is 3.87. The van der Waals surface area contributed by atoms with E-state index in [4.69, 9.17) is 0 Å². The lowest BCUT2D eigenvalue weighted by Crippen LogP contribution is -2.21. The normalized spacial score (nSPS) is 11.8. The second-order valence-corrected chi connectivity index (χ2v) is 7.29. The Morgan fingerprint density at radius 2 is 1.36 bits per heavy atom. The summed E-state index contributed by atoms with van der Waals surface area (Å²) in [5.41, 5.74) is 2.92. The van der Waals surface area contributed by atoms with Gasteiger partial charge in [-0.2, -0.15) is 0 Å². The molecule has 0 aliphatic rings. The van der Waals surface area contributed by atoms with Crippen molar-refractivity contribution in [2.24, 2.45) is 0 Å². The van der Waals surface area contributed by atoms with Crippen molar-refractivity contribution in [1.82, 2.24) is 4.90 Å². The number of carbonyl (C=O) groups excluding carboxylic acids is 1. The number of allylic oxidation sites excluding steroid dienone is 3.